The van der Waals surface area contributed by atoms with Gasteiger partial charge in [-0.1, -0.05) is 84.9 Å². The summed E-state index contributed by atoms with van der Waals surface area (Å²) in [5.41, 5.74) is 10.3. The Morgan fingerprint density at radius 1 is 0.651 bits per heavy atom. The van der Waals surface area contributed by atoms with Crippen LogP contribution < -0.4 is 0 Å². The number of aromatic hydroxyl groups is 2. The molecule has 0 unspecified atom stereocenters. The molecule has 43 heavy (non-hydrogen) atoms. The predicted octanol–water partition coefficient (Wildman–Crippen LogP) is 8.68. The van der Waals surface area contributed by atoms with E-state index in [0.29, 0.717) is 16.8 Å². The van der Waals surface area contributed by atoms with Crippen molar-refractivity contribution in [2.24, 2.45) is 9.98 Å². The summed E-state index contributed by atoms with van der Waals surface area (Å²) in [4.78, 5) is 10.1. The summed E-state index contributed by atoms with van der Waals surface area (Å²) in [7, 11) is 0. The summed E-state index contributed by atoms with van der Waals surface area (Å²) in [6, 6.07) is 32.6. The maximum atomic E-state index is 11.1. The molecule has 0 heterocycles. The van der Waals surface area contributed by atoms with Crippen LogP contribution in [-0.4, -0.2) is 22.1 Å². The number of hydrogen-bond donors (Lipinski definition) is 2. The van der Waals surface area contributed by atoms with Crippen molar-refractivity contribution in [3.63, 3.8) is 0 Å². The molecule has 0 aliphatic heterocycles. The molecule has 0 atom stereocenters. The van der Waals surface area contributed by atoms with Crippen LogP contribution in [0.3, 0.4) is 0 Å². The Balaban J connectivity index is 0.00000135. The van der Waals surface area contributed by atoms with Crippen LogP contribution in [0.4, 0.5) is 11.4 Å². The third-order valence-corrected chi connectivity index (χ3v) is 7.54. The van der Waals surface area contributed by atoms with Crippen molar-refractivity contribution in [1.82, 2.24) is 0 Å². The Bertz CT molecular complexity index is 1840. The fraction of sp³-hybridized carbons (Fsp3) is 0.111. The molecule has 6 nitrogen and oxygen atoms in total. The van der Waals surface area contributed by atoms with Crippen LogP contribution >= 0.6 is 0 Å². The molecule has 5 rings (SSSR count). The van der Waals surface area contributed by atoms with Gasteiger partial charge >= 0.3 is 32.3 Å². The van der Waals surface area contributed by atoms with Gasteiger partial charge in [-0.2, -0.15) is 0 Å². The van der Waals surface area contributed by atoms with Gasteiger partial charge in [0.2, 0.25) is 0 Å². The first-order valence-electron chi connectivity index (χ1n) is 13.7. The van der Waals surface area contributed by atoms with Crippen molar-refractivity contribution in [3.05, 3.63) is 142 Å². The minimum absolute atomic E-state index is 0.163. The van der Waals surface area contributed by atoms with E-state index in [9.17, 15) is 10.2 Å². The third-order valence-electron chi connectivity index (χ3n) is 7.54. The summed E-state index contributed by atoms with van der Waals surface area (Å²) in [6.07, 6.45) is 1.71. The van der Waals surface area contributed by atoms with E-state index in [0.717, 1.165) is 50.3 Å². The number of para-hydroxylation sites is 2. The van der Waals surface area contributed by atoms with Gasteiger partial charge in [-0.05, 0) is 73.7 Å². The summed E-state index contributed by atoms with van der Waals surface area (Å²) in [6.45, 7) is 8.30. The van der Waals surface area contributed by atoms with Crippen molar-refractivity contribution in [3.8, 4) is 22.6 Å². The average Bonchev–Trinajstić information content (AvgIpc) is 3.03. The first-order chi connectivity index (χ1) is 20.8. The van der Waals surface area contributed by atoms with E-state index in [1.165, 1.54) is 0 Å². The quantitative estimate of drug-likeness (QED) is 0.168. The van der Waals surface area contributed by atoms with E-state index < -0.39 is 27.8 Å². The van der Waals surface area contributed by atoms with E-state index in [1.807, 2.05) is 91.0 Å². The second kappa shape index (κ2) is 14.7. The van der Waals surface area contributed by atoms with Crippen molar-refractivity contribution < 1.29 is 42.5 Å². The molecule has 5 aromatic carbocycles. The Hall–Kier alpha value is -4.31. The average molecular weight is 795 g/mol. The van der Waals surface area contributed by atoms with Gasteiger partial charge < -0.3 is 10.2 Å². The van der Waals surface area contributed by atoms with Crippen LogP contribution in [0.1, 0.15) is 38.9 Å². The summed E-state index contributed by atoms with van der Waals surface area (Å²) >= 11 is -2.51. The zero-order chi connectivity index (χ0) is 30.9. The normalized spacial score (nSPS) is 11.1. The number of benzene rings is 5. The van der Waals surface area contributed by atoms with Gasteiger partial charge in [0.15, 0.2) is 0 Å². The molecule has 0 amide bonds. The van der Waals surface area contributed by atoms with Crippen molar-refractivity contribution >= 4 is 23.3 Å². The zero-order valence-electron chi connectivity index (χ0n) is 24.5. The van der Waals surface area contributed by atoms with Gasteiger partial charge in [0.25, 0.3) is 0 Å². The maximum absolute atomic E-state index is 11.1. The van der Waals surface area contributed by atoms with Crippen LogP contribution in [0.2, 0.25) is 0 Å². The second-order valence-corrected chi connectivity index (χ2v) is 10.7. The van der Waals surface area contributed by atoms with Crippen molar-refractivity contribution in [2.75, 3.05) is 0 Å². The molecule has 0 aromatic heterocycles. The predicted molar refractivity (Wildman–Crippen MR) is 167 cm³/mol. The van der Waals surface area contributed by atoms with Crippen LogP contribution in [0.5, 0.6) is 11.5 Å². The molecule has 0 aliphatic rings. The molecular formula is C36H32N2O4U. The van der Waals surface area contributed by atoms with Crippen LogP contribution in [0.15, 0.2) is 113 Å². The fourth-order valence-corrected chi connectivity index (χ4v) is 4.88. The SMILES string of the molecule is Cc1c(C)c(C)c(N=C(c2ccccc2)c2ccccc2O)c(N=Cc2cccc(-c3ccccc3)c2O)c1C.[O]=[U]=[O]. The van der Waals surface area contributed by atoms with Crippen molar-refractivity contribution in [1.29, 1.82) is 0 Å². The van der Waals surface area contributed by atoms with Crippen LogP contribution in [0.25, 0.3) is 11.1 Å². The van der Waals surface area contributed by atoms with Gasteiger partial charge in [-0.15, -0.1) is 0 Å². The molecule has 214 valence electrons. The minimum atomic E-state index is -2.51. The Kier molecular flexibility index (Phi) is 10.8. The number of phenols is 2. The first kappa shape index (κ1) is 31.6. The molecule has 0 bridgehead atoms. The standard InChI is InChI=1S/C36H32N2O2.2O.U/c1-23-24(2)26(4)34(38-35(28-16-9-6-10-17-28)31-19-11-12-21-32(31)39)33(25(23)3)37-22-29-18-13-20-30(36(29)40)27-14-7-5-8-15-27;;;/h5-22,39-40H,1-4H3;;;. The Morgan fingerprint density at radius 3 is 1.84 bits per heavy atom. The van der Waals surface area contributed by atoms with E-state index in [4.69, 9.17) is 14.5 Å². The molecule has 2 N–H and O–H groups in total. The molecular weight excluding hydrogens is 762 g/mol. The Morgan fingerprint density at radius 2 is 1.21 bits per heavy atom. The van der Waals surface area contributed by atoms with Gasteiger partial charge in [0, 0.05) is 28.5 Å². The van der Waals surface area contributed by atoms with Gasteiger partial charge in [-0.3, -0.25) is 4.99 Å². The van der Waals surface area contributed by atoms with E-state index >= 15 is 0 Å². The van der Waals surface area contributed by atoms with E-state index in [2.05, 4.69) is 27.7 Å². The molecule has 0 radical (unpaired) electrons. The molecule has 0 saturated carbocycles. The number of hydrogen-bond acceptors (Lipinski definition) is 6. The van der Waals surface area contributed by atoms with E-state index in [1.54, 1.807) is 18.3 Å². The van der Waals surface area contributed by atoms with E-state index in [-0.39, 0.29) is 11.5 Å². The third kappa shape index (κ3) is 7.19. The Labute approximate surface area is 266 Å². The molecule has 0 spiro atoms. The molecule has 0 aliphatic carbocycles. The van der Waals surface area contributed by atoms with Crippen molar-refractivity contribution in [2.45, 2.75) is 27.7 Å². The second-order valence-electron chi connectivity index (χ2n) is 9.99. The first-order valence-corrected chi connectivity index (χ1v) is 17.1. The topological polar surface area (TPSA) is 99.3 Å². The number of rotatable bonds is 6. The summed E-state index contributed by atoms with van der Waals surface area (Å²) in [5.74, 6) is 0.343. The number of nitrogens with zero attached hydrogens (tertiary/aromatic N) is 2. The molecule has 0 fully saturated rings. The molecule has 5 aromatic rings. The number of phenolic OH excluding ortho intramolecular Hbond substituents is 2. The monoisotopic (exact) mass is 794 g/mol. The zero-order valence-corrected chi connectivity index (χ0v) is 28.7. The van der Waals surface area contributed by atoms with Gasteiger partial charge in [-0.25, -0.2) is 4.99 Å². The molecule has 7 heteroatoms. The van der Waals surface area contributed by atoms with Gasteiger partial charge in [0.05, 0.1) is 17.1 Å². The fourth-order valence-electron chi connectivity index (χ4n) is 4.88. The van der Waals surface area contributed by atoms with Gasteiger partial charge in [0.1, 0.15) is 11.5 Å². The summed E-state index contributed by atoms with van der Waals surface area (Å²) < 4.78 is 17.2. The summed E-state index contributed by atoms with van der Waals surface area (Å²) in [5, 5.41) is 21.9. The number of aliphatic imine (C=N–C) groups is 2. The van der Waals surface area contributed by atoms with Crippen LogP contribution in [0, 0.1) is 55.5 Å². The molecule has 0 saturated heterocycles. The van der Waals surface area contributed by atoms with Crippen LogP contribution in [-0.2, 0) is 4.47 Å².